The van der Waals surface area contributed by atoms with Crippen LogP contribution in [0.15, 0.2) is 66.0 Å². The van der Waals surface area contributed by atoms with Crippen molar-refractivity contribution < 1.29 is 4.74 Å². The van der Waals surface area contributed by atoms with E-state index in [0.29, 0.717) is 5.95 Å². The van der Waals surface area contributed by atoms with Gasteiger partial charge in [-0.05, 0) is 59.6 Å². The molecule has 0 saturated heterocycles. The van der Waals surface area contributed by atoms with Crippen LogP contribution in [0, 0.1) is 0 Å². The summed E-state index contributed by atoms with van der Waals surface area (Å²) in [6, 6.07) is 19.9. The minimum Gasteiger partial charge on any atom is -0.495 e. The van der Waals surface area contributed by atoms with Gasteiger partial charge in [0.15, 0.2) is 5.82 Å². The van der Waals surface area contributed by atoms with Crippen molar-refractivity contribution in [3.8, 4) is 22.1 Å². The van der Waals surface area contributed by atoms with Crippen molar-refractivity contribution >= 4 is 40.8 Å². The Balaban J connectivity index is 1.56. The van der Waals surface area contributed by atoms with Gasteiger partial charge in [0.2, 0.25) is 5.95 Å². The van der Waals surface area contributed by atoms with Gasteiger partial charge in [-0.1, -0.05) is 41.9 Å². The van der Waals surface area contributed by atoms with Gasteiger partial charge in [0.25, 0.3) is 0 Å². The average Bonchev–Trinajstić information content (AvgIpc) is 3.42. The molecule has 8 heteroatoms. The third kappa shape index (κ3) is 4.58. The van der Waals surface area contributed by atoms with Crippen LogP contribution in [0.4, 0.5) is 5.95 Å². The molecule has 5 nitrogen and oxygen atoms in total. The molecular weight excluding hydrogens is 424 g/mol. The summed E-state index contributed by atoms with van der Waals surface area (Å²) in [5.41, 5.74) is 2.14. The molecule has 0 unspecified atom stereocenters. The third-order valence-corrected chi connectivity index (χ3v) is 6.15. The fraction of sp³-hybridized carbons (Fsp3) is 0.143. The van der Waals surface area contributed by atoms with Gasteiger partial charge < -0.3 is 4.74 Å². The van der Waals surface area contributed by atoms with E-state index in [0.717, 1.165) is 39.3 Å². The van der Waals surface area contributed by atoms with Gasteiger partial charge >= 0.3 is 0 Å². The van der Waals surface area contributed by atoms with E-state index in [1.807, 2.05) is 58.5 Å². The van der Waals surface area contributed by atoms with E-state index < -0.39 is 0 Å². The van der Waals surface area contributed by atoms with Crippen molar-refractivity contribution in [1.82, 2.24) is 14.8 Å². The van der Waals surface area contributed by atoms with Gasteiger partial charge in [0, 0.05) is 10.8 Å². The second-order valence-electron chi connectivity index (χ2n) is 6.16. The van der Waals surface area contributed by atoms with Gasteiger partial charge in [-0.2, -0.15) is 0 Å². The molecule has 0 aliphatic heterocycles. The summed E-state index contributed by atoms with van der Waals surface area (Å²) in [5.74, 6) is 3.10. The maximum atomic E-state index is 5.95. The van der Waals surface area contributed by atoms with Crippen LogP contribution in [0.2, 0.25) is 5.02 Å². The molecule has 2 heterocycles. The first kappa shape index (κ1) is 19.8. The number of benzene rings is 2. The molecule has 0 aliphatic carbocycles. The highest BCUT2D eigenvalue weighted by Crippen LogP contribution is 2.33. The van der Waals surface area contributed by atoms with Crippen LogP contribution in [0.25, 0.3) is 16.4 Å². The highest BCUT2D eigenvalue weighted by molar-refractivity contribution is 8.00. The number of aromatic nitrogens is 3. The van der Waals surface area contributed by atoms with Crippen LogP contribution in [0.3, 0.4) is 0 Å². The number of methoxy groups -OCH3 is 1. The summed E-state index contributed by atoms with van der Waals surface area (Å²) in [4.78, 5) is 1.04. The van der Waals surface area contributed by atoms with E-state index >= 15 is 0 Å². The number of nitrogens with one attached hydrogen (secondary N) is 1. The summed E-state index contributed by atoms with van der Waals surface area (Å²) in [6.07, 6.45) is 0.926. The van der Waals surface area contributed by atoms with E-state index in [1.165, 1.54) is 5.56 Å². The largest absolute Gasteiger partial charge is 0.495 e. The molecule has 0 fully saturated rings. The molecule has 0 radical (unpaired) electrons. The van der Waals surface area contributed by atoms with Crippen molar-refractivity contribution in [2.75, 3.05) is 17.6 Å². The van der Waals surface area contributed by atoms with Crippen LogP contribution in [-0.2, 0) is 6.42 Å². The van der Waals surface area contributed by atoms with E-state index in [1.54, 1.807) is 30.4 Å². The molecule has 2 aromatic heterocycles. The number of aryl methyl sites for hydroxylation is 1. The fourth-order valence-electron chi connectivity index (χ4n) is 2.89. The zero-order valence-corrected chi connectivity index (χ0v) is 18.1. The minimum atomic E-state index is 0.666. The maximum Gasteiger partial charge on any atom is 0.239 e. The standard InChI is InChI=1S/C21H19ClN4OS2/c1-27-18-6-3-2-5-17(18)26-20(19-7-4-13-28-19)23-24-21(26)25-29-14-12-15-8-10-16(22)11-9-15/h2-11,13H,12,14H2,1H3,(H,24,25). The Morgan fingerprint density at radius 3 is 2.66 bits per heavy atom. The fourth-order valence-corrected chi connectivity index (χ4v) is 4.42. The number of halogens is 1. The first-order valence-electron chi connectivity index (χ1n) is 9.01. The zero-order valence-electron chi connectivity index (χ0n) is 15.7. The van der Waals surface area contributed by atoms with Crippen LogP contribution in [-0.4, -0.2) is 27.6 Å². The molecule has 0 bridgehead atoms. The smallest absolute Gasteiger partial charge is 0.239 e. The number of rotatable bonds is 8. The van der Waals surface area contributed by atoms with E-state index in [-0.39, 0.29) is 0 Å². The maximum absolute atomic E-state index is 5.95. The Bertz CT molecular complexity index is 1060. The van der Waals surface area contributed by atoms with Crippen LogP contribution < -0.4 is 9.46 Å². The number of nitrogens with zero attached hydrogens (tertiary/aromatic N) is 3. The van der Waals surface area contributed by atoms with E-state index in [2.05, 4.69) is 27.1 Å². The molecular formula is C21H19ClN4OS2. The third-order valence-electron chi connectivity index (χ3n) is 4.30. The Hall–Kier alpha value is -2.48. The summed E-state index contributed by atoms with van der Waals surface area (Å²) in [7, 11) is 1.67. The molecule has 0 atom stereocenters. The van der Waals surface area contributed by atoms with Crippen molar-refractivity contribution in [1.29, 1.82) is 0 Å². The Kier molecular flexibility index (Phi) is 6.39. The lowest BCUT2D eigenvalue weighted by Gasteiger charge is -2.14. The average molecular weight is 443 g/mol. The Labute approximate surface area is 182 Å². The molecule has 29 heavy (non-hydrogen) atoms. The second kappa shape index (κ2) is 9.35. The van der Waals surface area contributed by atoms with Crippen molar-refractivity contribution in [3.05, 3.63) is 76.6 Å². The Morgan fingerprint density at radius 1 is 1.07 bits per heavy atom. The van der Waals surface area contributed by atoms with Gasteiger partial charge in [-0.25, -0.2) is 0 Å². The minimum absolute atomic E-state index is 0.666. The topological polar surface area (TPSA) is 52.0 Å². The van der Waals surface area contributed by atoms with Gasteiger partial charge in [0.05, 0.1) is 17.7 Å². The quantitative estimate of drug-likeness (QED) is 0.269. The lowest BCUT2D eigenvalue weighted by molar-refractivity contribution is 0.413. The van der Waals surface area contributed by atoms with Crippen LogP contribution in [0.5, 0.6) is 5.75 Å². The molecule has 0 aliphatic rings. The molecule has 0 saturated carbocycles. The van der Waals surface area contributed by atoms with E-state index in [4.69, 9.17) is 16.3 Å². The number of para-hydroxylation sites is 2. The number of thiophene rings is 1. The van der Waals surface area contributed by atoms with Crippen molar-refractivity contribution in [3.63, 3.8) is 0 Å². The summed E-state index contributed by atoms with van der Waals surface area (Å²) in [5, 5.41) is 11.6. The van der Waals surface area contributed by atoms with Gasteiger partial charge in [-0.3, -0.25) is 9.29 Å². The molecule has 4 aromatic rings. The highest BCUT2D eigenvalue weighted by atomic mass is 35.5. The lowest BCUT2D eigenvalue weighted by Crippen LogP contribution is -2.04. The predicted octanol–water partition coefficient (Wildman–Crippen LogP) is 5.96. The lowest BCUT2D eigenvalue weighted by atomic mass is 10.2. The van der Waals surface area contributed by atoms with Crippen molar-refractivity contribution in [2.45, 2.75) is 6.42 Å². The molecule has 0 spiro atoms. The molecule has 4 rings (SSSR count). The normalized spacial score (nSPS) is 10.8. The van der Waals surface area contributed by atoms with Crippen LogP contribution in [0.1, 0.15) is 5.56 Å². The predicted molar refractivity (Wildman–Crippen MR) is 122 cm³/mol. The summed E-state index contributed by atoms with van der Waals surface area (Å²) >= 11 is 9.18. The van der Waals surface area contributed by atoms with Gasteiger partial charge in [-0.15, -0.1) is 21.5 Å². The monoisotopic (exact) mass is 442 g/mol. The highest BCUT2D eigenvalue weighted by Gasteiger charge is 2.19. The SMILES string of the molecule is COc1ccccc1-n1c(NSCCc2ccc(Cl)cc2)nnc1-c1cccs1. The summed E-state index contributed by atoms with van der Waals surface area (Å²) in [6.45, 7) is 0. The molecule has 1 N–H and O–H groups in total. The van der Waals surface area contributed by atoms with Gasteiger partial charge in [0.1, 0.15) is 5.75 Å². The van der Waals surface area contributed by atoms with Crippen molar-refractivity contribution in [2.24, 2.45) is 0 Å². The zero-order chi connectivity index (χ0) is 20.1. The first-order valence-corrected chi connectivity index (χ1v) is 11.3. The summed E-state index contributed by atoms with van der Waals surface area (Å²) < 4.78 is 10.9. The number of hydrogen-bond acceptors (Lipinski definition) is 6. The molecule has 0 amide bonds. The number of hydrogen-bond donors (Lipinski definition) is 1. The number of ether oxygens (including phenoxy) is 1. The first-order chi connectivity index (χ1) is 14.3. The van der Waals surface area contributed by atoms with E-state index in [9.17, 15) is 0 Å². The molecule has 2 aromatic carbocycles. The molecule has 148 valence electrons. The number of anilines is 1. The Morgan fingerprint density at radius 2 is 1.90 bits per heavy atom. The van der Waals surface area contributed by atoms with Crippen LogP contribution >= 0.6 is 34.9 Å². The second-order valence-corrected chi connectivity index (χ2v) is 8.44.